The molecule has 0 radical (unpaired) electrons. The van der Waals surface area contributed by atoms with E-state index >= 15 is 0 Å². The van der Waals surface area contributed by atoms with E-state index in [2.05, 4.69) is 10.3 Å². The van der Waals surface area contributed by atoms with Crippen LogP contribution in [-0.4, -0.2) is 10.9 Å². The standard InChI is InChI=1S/C20H17FN2O2/c1-14-2-9-18(10-3-14)25-20-11-8-17(13-22-20)23-19(24)12-15-4-6-16(21)7-5-15/h2-11,13H,12H2,1H3,(H,23,24). The highest BCUT2D eigenvalue weighted by Crippen LogP contribution is 2.20. The van der Waals surface area contributed by atoms with Gasteiger partial charge in [-0.1, -0.05) is 29.8 Å². The van der Waals surface area contributed by atoms with Crippen LogP contribution in [0.15, 0.2) is 66.9 Å². The number of pyridine rings is 1. The Balaban J connectivity index is 1.57. The Morgan fingerprint density at radius 1 is 1.04 bits per heavy atom. The van der Waals surface area contributed by atoms with Gasteiger partial charge in [-0.3, -0.25) is 4.79 Å². The zero-order valence-electron chi connectivity index (χ0n) is 13.7. The van der Waals surface area contributed by atoms with Crippen molar-refractivity contribution in [3.63, 3.8) is 0 Å². The van der Waals surface area contributed by atoms with Crippen LogP contribution in [0.1, 0.15) is 11.1 Å². The molecule has 0 saturated carbocycles. The highest BCUT2D eigenvalue weighted by Gasteiger charge is 2.06. The van der Waals surface area contributed by atoms with Crippen LogP contribution in [0.5, 0.6) is 11.6 Å². The molecule has 0 atom stereocenters. The number of carbonyl (C=O) groups excluding carboxylic acids is 1. The zero-order chi connectivity index (χ0) is 17.6. The number of hydrogen-bond acceptors (Lipinski definition) is 3. The molecule has 1 N–H and O–H groups in total. The lowest BCUT2D eigenvalue weighted by Gasteiger charge is -2.07. The van der Waals surface area contributed by atoms with E-state index in [9.17, 15) is 9.18 Å². The third-order valence-corrected chi connectivity index (χ3v) is 3.54. The highest BCUT2D eigenvalue weighted by atomic mass is 19.1. The number of halogens is 1. The summed E-state index contributed by atoms with van der Waals surface area (Å²) in [5, 5.41) is 2.75. The summed E-state index contributed by atoms with van der Waals surface area (Å²) in [5.41, 5.74) is 2.47. The van der Waals surface area contributed by atoms with Crippen molar-refractivity contribution < 1.29 is 13.9 Å². The third kappa shape index (κ3) is 4.88. The molecule has 3 rings (SSSR count). The first-order valence-corrected chi connectivity index (χ1v) is 7.83. The lowest BCUT2D eigenvalue weighted by molar-refractivity contribution is -0.115. The van der Waals surface area contributed by atoms with Gasteiger partial charge < -0.3 is 10.1 Å². The van der Waals surface area contributed by atoms with Gasteiger partial charge in [0.05, 0.1) is 18.3 Å². The van der Waals surface area contributed by atoms with Gasteiger partial charge in [-0.2, -0.15) is 0 Å². The van der Waals surface area contributed by atoms with Gasteiger partial charge in [-0.25, -0.2) is 9.37 Å². The molecule has 0 bridgehead atoms. The van der Waals surface area contributed by atoms with Crippen LogP contribution in [0.25, 0.3) is 0 Å². The Labute approximate surface area is 145 Å². The lowest BCUT2D eigenvalue weighted by atomic mass is 10.1. The number of ether oxygens (including phenoxy) is 1. The van der Waals surface area contributed by atoms with Crippen LogP contribution >= 0.6 is 0 Å². The van der Waals surface area contributed by atoms with Gasteiger partial charge in [0, 0.05) is 6.07 Å². The number of anilines is 1. The monoisotopic (exact) mass is 336 g/mol. The fourth-order valence-electron chi connectivity index (χ4n) is 2.23. The van der Waals surface area contributed by atoms with Crippen molar-refractivity contribution in [2.24, 2.45) is 0 Å². The summed E-state index contributed by atoms with van der Waals surface area (Å²) in [6, 6.07) is 16.9. The van der Waals surface area contributed by atoms with E-state index in [1.807, 2.05) is 31.2 Å². The van der Waals surface area contributed by atoms with E-state index in [1.54, 1.807) is 24.3 Å². The van der Waals surface area contributed by atoms with E-state index in [-0.39, 0.29) is 18.1 Å². The van der Waals surface area contributed by atoms with Gasteiger partial charge in [0.25, 0.3) is 0 Å². The van der Waals surface area contributed by atoms with Gasteiger partial charge in [0.1, 0.15) is 11.6 Å². The topological polar surface area (TPSA) is 51.2 Å². The number of hydrogen-bond donors (Lipinski definition) is 1. The minimum absolute atomic E-state index is 0.169. The van der Waals surface area contributed by atoms with Crippen molar-refractivity contribution in [3.05, 3.63) is 83.8 Å². The predicted molar refractivity (Wildman–Crippen MR) is 94.2 cm³/mol. The molecule has 1 heterocycles. The number of carbonyl (C=O) groups is 1. The van der Waals surface area contributed by atoms with E-state index in [1.165, 1.54) is 18.3 Å². The molecule has 3 aromatic rings. The Morgan fingerprint density at radius 3 is 2.40 bits per heavy atom. The molecule has 126 valence electrons. The first-order valence-electron chi connectivity index (χ1n) is 7.83. The second kappa shape index (κ2) is 7.57. The molecular weight excluding hydrogens is 319 g/mol. The maximum Gasteiger partial charge on any atom is 0.228 e. The average Bonchev–Trinajstić information content (AvgIpc) is 2.61. The maximum absolute atomic E-state index is 12.9. The summed E-state index contributed by atoms with van der Waals surface area (Å²) >= 11 is 0. The summed E-state index contributed by atoms with van der Waals surface area (Å²) < 4.78 is 18.5. The van der Waals surface area contributed by atoms with Gasteiger partial charge in [0.15, 0.2) is 0 Å². The number of nitrogens with one attached hydrogen (secondary N) is 1. The second-order valence-corrected chi connectivity index (χ2v) is 5.65. The molecule has 1 amide bonds. The molecule has 0 aliphatic carbocycles. The van der Waals surface area contributed by atoms with Crippen molar-refractivity contribution in [1.82, 2.24) is 4.98 Å². The van der Waals surface area contributed by atoms with Gasteiger partial charge in [-0.15, -0.1) is 0 Å². The fraction of sp³-hybridized carbons (Fsp3) is 0.100. The molecule has 0 aliphatic heterocycles. The zero-order valence-corrected chi connectivity index (χ0v) is 13.7. The summed E-state index contributed by atoms with van der Waals surface area (Å²) in [6.45, 7) is 2.01. The van der Waals surface area contributed by atoms with Crippen LogP contribution < -0.4 is 10.1 Å². The number of amides is 1. The van der Waals surface area contributed by atoms with Crippen LogP contribution in [0.2, 0.25) is 0 Å². The molecular formula is C20H17FN2O2. The molecule has 0 aliphatic rings. The molecule has 25 heavy (non-hydrogen) atoms. The van der Waals surface area contributed by atoms with E-state index in [4.69, 9.17) is 4.74 Å². The summed E-state index contributed by atoms with van der Waals surface area (Å²) in [5.74, 6) is 0.629. The highest BCUT2D eigenvalue weighted by molar-refractivity contribution is 5.92. The van der Waals surface area contributed by atoms with Crippen LogP contribution in [-0.2, 0) is 11.2 Å². The maximum atomic E-state index is 12.9. The van der Waals surface area contributed by atoms with E-state index in [0.717, 1.165) is 11.1 Å². The predicted octanol–water partition coefficient (Wildman–Crippen LogP) is 4.50. The minimum atomic E-state index is -0.322. The van der Waals surface area contributed by atoms with Crippen LogP contribution in [0.4, 0.5) is 10.1 Å². The first-order chi connectivity index (χ1) is 12.1. The molecule has 4 nitrogen and oxygen atoms in total. The molecule has 5 heteroatoms. The summed E-state index contributed by atoms with van der Waals surface area (Å²) in [4.78, 5) is 16.2. The van der Waals surface area contributed by atoms with Crippen molar-refractivity contribution in [2.75, 3.05) is 5.32 Å². The average molecular weight is 336 g/mol. The van der Waals surface area contributed by atoms with Gasteiger partial charge in [-0.05, 0) is 42.8 Å². The van der Waals surface area contributed by atoms with Crippen molar-refractivity contribution in [3.8, 4) is 11.6 Å². The molecule has 0 unspecified atom stereocenters. The van der Waals surface area contributed by atoms with Gasteiger partial charge in [0.2, 0.25) is 11.8 Å². The van der Waals surface area contributed by atoms with Gasteiger partial charge >= 0.3 is 0 Å². The smallest absolute Gasteiger partial charge is 0.228 e. The summed E-state index contributed by atoms with van der Waals surface area (Å²) in [6.07, 6.45) is 1.70. The Bertz CT molecular complexity index is 844. The Kier molecular flexibility index (Phi) is 5.04. The van der Waals surface area contributed by atoms with Crippen molar-refractivity contribution in [1.29, 1.82) is 0 Å². The quantitative estimate of drug-likeness (QED) is 0.746. The second-order valence-electron chi connectivity index (χ2n) is 5.65. The summed E-state index contributed by atoms with van der Waals surface area (Å²) in [7, 11) is 0. The van der Waals surface area contributed by atoms with E-state index < -0.39 is 0 Å². The molecule has 1 aromatic heterocycles. The molecule has 2 aromatic carbocycles. The van der Waals surface area contributed by atoms with Crippen molar-refractivity contribution >= 4 is 11.6 Å². The fourth-order valence-corrected chi connectivity index (χ4v) is 2.23. The lowest BCUT2D eigenvalue weighted by Crippen LogP contribution is -2.14. The SMILES string of the molecule is Cc1ccc(Oc2ccc(NC(=O)Cc3ccc(F)cc3)cn2)cc1. The molecule has 0 saturated heterocycles. The minimum Gasteiger partial charge on any atom is -0.439 e. The Morgan fingerprint density at radius 2 is 1.76 bits per heavy atom. The Hall–Kier alpha value is -3.21. The third-order valence-electron chi connectivity index (χ3n) is 3.54. The largest absolute Gasteiger partial charge is 0.439 e. The number of benzene rings is 2. The van der Waals surface area contributed by atoms with Crippen LogP contribution in [0.3, 0.4) is 0 Å². The number of nitrogens with zero attached hydrogens (tertiary/aromatic N) is 1. The number of aromatic nitrogens is 1. The number of rotatable bonds is 5. The van der Waals surface area contributed by atoms with Crippen molar-refractivity contribution in [2.45, 2.75) is 13.3 Å². The van der Waals surface area contributed by atoms with E-state index in [0.29, 0.717) is 17.3 Å². The number of aryl methyl sites for hydroxylation is 1. The molecule has 0 spiro atoms. The van der Waals surface area contributed by atoms with Crippen LogP contribution in [0, 0.1) is 12.7 Å². The molecule has 0 fully saturated rings. The first kappa shape index (κ1) is 16.6. The normalized spacial score (nSPS) is 10.3.